The van der Waals surface area contributed by atoms with Crippen molar-refractivity contribution in [1.82, 2.24) is 20.3 Å². The number of carbonyl (C=O) groups is 2. The van der Waals surface area contributed by atoms with Gasteiger partial charge in [0, 0.05) is 13.5 Å². The molecule has 6 heteroatoms. The van der Waals surface area contributed by atoms with Gasteiger partial charge in [-0.25, -0.2) is 4.68 Å². The first kappa shape index (κ1) is 14.9. The first-order chi connectivity index (χ1) is 10.1. The highest BCUT2D eigenvalue weighted by molar-refractivity contribution is 5.93. The van der Waals surface area contributed by atoms with E-state index in [1.54, 1.807) is 6.92 Å². The molecule has 1 aromatic carbocycles. The van der Waals surface area contributed by atoms with Crippen LogP contribution in [0, 0.1) is 6.92 Å². The van der Waals surface area contributed by atoms with E-state index in [0.29, 0.717) is 17.9 Å². The zero-order valence-corrected chi connectivity index (χ0v) is 12.2. The molecule has 0 saturated carbocycles. The first-order valence-corrected chi connectivity index (χ1v) is 6.79. The van der Waals surface area contributed by atoms with Gasteiger partial charge in [0.15, 0.2) is 11.5 Å². The molecule has 21 heavy (non-hydrogen) atoms. The van der Waals surface area contributed by atoms with Crippen molar-refractivity contribution in [3.05, 3.63) is 47.3 Å². The van der Waals surface area contributed by atoms with Crippen molar-refractivity contribution in [2.45, 2.75) is 26.8 Å². The zero-order valence-electron chi connectivity index (χ0n) is 12.2. The van der Waals surface area contributed by atoms with E-state index in [1.807, 2.05) is 30.3 Å². The van der Waals surface area contributed by atoms with Crippen LogP contribution in [0.2, 0.25) is 0 Å². The Kier molecular flexibility index (Phi) is 4.81. The van der Waals surface area contributed by atoms with Crippen molar-refractivity contribution < 1.29 is 9.59 Å². The molecule has 0 aliphatic rings. The van der Waals surface area contributed by atoms with Crippen molar-refractivity contribution in [3.63, 3.8) is 0 Å². The highest BCUT2D eigenvalue weighted by Crippen LogP contribution is 2.04. The molecule has 0 atom stereocenters. The van der Waals surface area contributed by atoms with Crippen molar-refractivity contribution >= 4 is 11.7 Å². The molecule has 2 aromatic rings. The standard InChI is InChI=1S/C15H18N4O2/c1-11-15(12(2)20)17-18-19(11)10-14(21)16-9-8-13-6-4-3-5-7-13/h3-7H,8-10H2,1-2H3,(H,16,21). The molecule has 0 fully saturated rings. The zero-order chi connectivity index (χ0) is 15.2. The van der Waals surface area contributed by atoms with E-state index in [1.165, 1.54) is 17.2 Å². The number of Topliss-reactive ketones (excluding diaryl/α,β-unsaturated/α-hetero) is 1. The fourth-order valence-electron chi connectivity index (χ4n) is 2.02. The number of rotatable bonds is 6. The molecule has 0 bridgehead atoms. The van der Waals surface area contributed by atoms with Crippen LogP contribution in [0.5, 0.6) is 0 Å². The molecule has 110 valence electrons. The van der Waals surface area contributed by atoms with Crippen LogP contribution in [0.15, 0.2) is 30.3 Å². The van der Waals surface area contributed by atoms with Crippen molar-refractivity contribution in [1.29, 1.82) is 0 Å². The van der Waals surface area contributed by atoms with Gasteiger partial charge in [-0.2, -0.15) is 0 Å². The topological polar surface area (TPSA) is 76.9 Å². The van der Waals surface area contributed by atoms with Crippen LogP contribution in [-0.2, 0) is 17.8 Å². The summed E-state index contributed by atoms with van der Waals surface area (Å²) in [7, 11) is 0. The lowest BCUT2D eigenvalue weighted by atomic mass is 10.1. The van der Waals surface area contributed by atoms with Gasteiger partial charge in [-0.1, -0.05) is 35.5 Å². The fraction of sp³-hybridized carbons (Fsp3) is 0.333. The SMILES string of the molecule is CC(=O)c1nnn(CC(=O)NCCc2ccccc2)c1C. The summed E-state index contributed by atoms with van der Waals surface area (Å²) in [6.45, 7) is 3.80. The first-order valence-electron chi connectivity index (χ1n) is 6.79. The van der Waals surface area contributed by atoms with Crippen molar-refractivity contribution in [2.75, 3.05) is 6.54 Å². The molecule has 0 spiro atoms. The molecular weight excluding hydrogens is 268 g/mol. The molecule has 1 aromatic heterocycles. The van der Waals surface area contributed by atoms with Crippen molar-refractivity contribution in [2.24, 2.45) is 0 Å². The molecule has 1 heterocycles. The molecule has 0 aliphatic carbocycles. The summed E-state index contributed by atoms with van der Waals surface area (Å²) in [6, 6.07) is 9.94. The van der Waals surface area contributed by atoms with Crippen LogP contribution in [-0.4, -0.2) is 33.2 Å². The second-order valence-electron chi connectivity index (χ2n) is 4.82. The van der Waals surface area contributed by atoms with Gasteiger partial charge < -0.3 is 5.32 Å². The Hall–Kier alpha value is -2.50. The minimum atomic E-state index is -0.150. The summed E-state index contributed by atoms with van der Waals surface area (Å²) in [5, 5.41) is 10.4. The molecule has 0 saturated heterocycles. The van der Waals surface area contributed by atoms with Crippen LogP contribution < -0.4 is 5.32 Å². The quantitative estimate of drug-likeness (QED) is 0.808. The van der Waals surface area contributed by atoms with Gasteiger partial charge in [0.05, 0.1) is 5.69 Å². The highest BCUT2D eigenvalue weighted by Gasteiger charge is 2.14. The van der Waals surface area contributed by atoms with Crippen LogP contribution in [0.25, 0.3) is 0 Å². The lowest BCUT2D eigenvalue weighted by Crippen LogP contribution is -2.30. The number of nitrogens with zero attached hydrogens (tertiary/aromatic N) is 3. The molecular formula is C15H18N4O2. The Morgan fingerprint density at radius 2 is 1.95 bits per heavy atom. The summed E-state index contributed by atoms with van der Waals surface area (Å²) in [4.78, 5) is 23.1. The average molecular weight is 286 g/mol. The molecule has 0 aliphatic heterocycles. The number of amides is 1. The molecule has 6 nitrogen and oxygen atoms in total. The largest absolute Gasteiger partial charge is 0.354 e. The fourth-order valence-corrected chi connectivity index (χ4v) is 2.02. The predicted molar refractivity (Wildman–Crippen MR) is 77.9 cm³/mol. The highest BCUT2D eigenvalue weighted by atomic mass is 16.2. The maximum Gasteiger partial charge on any atom is 0.241 e. The van der Waals surface area contributed by atoms with E-state index < -0.39 is 0 Å². The number of aromatic nitrogens is 3. The minimum Gasteiger partial charge on any atom is -0.354 e. The third-order valence-electron chi connectivity index (χ3n) is 3.19. The van der Waals surface area contributed by atoms with Crippen LogP contribution in [0.4, 0.5) is 0 Å². The Morgan fingerprint density at radius 3 is 2.57 bits per heavy atom. The van der Waals surface area contributed by atoms with Gasteiger partial charge in [0.25, 0.3) is 0 Å². The Labute approximate surface area is 123 Å². The van der Waals surface area contributed by atoms with E-state index in [0.717, 1.165) is 6.42 Å². The summed E-state index contributed by atoms with van der Waals surface area (Å²) < 4.78 is 1.44. The maximum absolute atomic E-state index is 11.8. The second kappa shape index (κ2) is 6.78. The van der Waals surface area contributed by atoms with E-state index in [2.05, 4.69) is 15.6 Å². The van der Waals surface area contributed by atoms with Gasteiger partial charge in [0.2, 0.25) is 5.91 Å². The summed E-state index contributed by atoms with van der Waals surface area (Å²) in [5.74, 6) is -0.294. The molecule has 1 N–H and O–H groups in total. The third-order valence-corrected chi connectivity index (χ3v) is 3.19. The van der Waals surface area contributed by atoms with Gasteiger partial charge >= 0.3 is 0 Å². The number of benzene rings is 1. The van der Waals surface area contributed by atoms with Gasteiger partial charge in [0.1, 0.15) is 6.54 Å². The predicted octanol–water partition coefficient (Wildman–Crippen LogP) is 1.15. The molecule has 0 radical (unpaired) electrons. The average Bonchev–Trinajstić information content (AvgIpc) is 2.81. The molecule has 1 amide bonds. The van der Waals surface area contributed by atoms with Gasteiger partial charge in [-0.15, -0.1) is 5.10 Å². The van der Waals surface area contributed by atoms with Crippen LogP contribution in [0.3, 0.4) is 0 Å². The third kappa shape index (κ3) is 3.98. The Bertz CT molecular complexity index is 634. The maximum atomic E-state index is 11.8. The number of hydrogen-bond donors (Lipinski definition) is 1. The summed E-state index contributed by atoms with van der Waals surface area (Å²) in [6.07, 6.45) is 0.779. The smallest absolute Gasteiger partial charge is 0.241 e. The minimum absolute atomic E-state index is 0.0703. The van der Waals surface area contributed by atoms with E-state index >= 15 is 0 Å². The van der Waals surface area contributed by atoms with E-state index in [4.69, 9.17) is 0 Å². The number of nitrogens with one attached hydrogen (secondary N) is 1. The Morgan fingerprint density at radius 1 is 1.24 bits per heavy atom. The van der Waals surface area contributed by atoms with Gasteiger partial charge in [-0.05, 0) is 18.9 Å². The van der Waals surface area contributed by atoms with Gasteiger partial charge in [-0.3, -0.25) is 9.59 Å². The number of carbonyl (C=O) groups excluding carboxylic acids is 2. The molecule has 0 unspecified atom stereocenters. The summed E-state index contributed by atoms with van der Waals surface area (Å²) in [5.41, 5.74) is 2.10. The monoisotopic (exact) mass is 286 g/mol. The normalized spacial score (nSPS) is 10.4. The number of ketones is 1. The summed E-state index contributed by atoms with van der Waals surface area (Å²) >= 11 is 0. The lowest BCUT2D eigenvalue weighted by molar-refractivity contribution is -0.121. The van der Waals surface area contributed by atoms with E-state index in [9.17, 15) is 9.59 Å². The number of hydrogen-bond acceptors (Lipinski definition) is 4. The van der Waals surface area contributed by atoms with Crippen molar-refractivity contribution in [3.8, 4) is 0 Å². The lowest BCUT2D eigenvalue weighted by Gasteiger charge is -2.06. The van der Waals surface area contributed by atoms with Crippen LogP contribution >= 0.6 is 0 Å². The Balaban J connectivity index is 1.83. The van der Waals surface area contributed by atoms with E-state index in [-0.39, 0.29) is 18.2 Å². The molecule has 2 rings (SSSR count). The van der Waals surface area contributed by atoms with Crippen LogP contribution in [0.1, 0.15) is 28.7 Å². The second-order valence-corrected chi connectivity index (χ2v) is 4.82.